The summed E-state index contributed by atoms with van der Waals surface area (Å²) < 4.78 is 33.6. The first-order valence-electron chi connectivity index (χ1n) is 18.4. The number of alkyl halides is 1. The van der Waals surface area contributed by atoms with E-state index in [1.807, 2.05) is 24.3 Å². The number of carbonyl (C=O) groups excluding carboxylic acids is 1. The number of fused-ring (bicyclic) bond motifs is 2. The minimum atomic E-state index is -1.14. The first-order chi connectivity index (χ1) is 26.3. The summed E-state index contributed by atoms with van der Waals surface area (Å²) in [5, 5.41) is 11.8. The van der Waals surface area contributed by atoms with Crippen LogP contribution >= 0.6 is 11.6 Å². The quantitative estimate of drug-likeness (QED) is 0.0294. The molecule has 0 aliphatic carbocycles. The van der Waals surface area contributed by atoms with E-state index in [9.17, 15) is 24.3 Å². The van der Waals surface area contributed by atoms with Crippen molar-refractivity contribution in [2.75, 3.05) is 32.3 Å². The van der Waals surface area contributed by atoms with E-state index in [4.69, 9.17) is 39.4 Å². The van der Waals surface area contributed by atoms with Crippen LogP contribution in [0.5, 0.6) is 17.2 Å². The lowest BCUT2D eigenvalue weighted by molar-refractivity contribution is 0.0495. The van der Waals surface area contributed by atoms with Gasteiger partial charge in [0.2, 0.25) is 0 Å². The van der Waals surface area contributed by atoms with Crippen molar-refractivity contribution >= 4 is 45.5 Å². The molecule has 0 atom stereocenters. The Labute approximate surface area is 317 Å². The van der Waals surface area contributed by atoms with Crippen LogP contribution in [-0.4, -0.2) is 49.4 Å². The molecule has 0 saturated heterocycles. The van der Waals surface area contributed by atoms with Crippen molar-refractivity contribution in [3.63, 3.8) is 0 Å². The maximum atomic E-state index is 13.4. The monoisotopic (exact) mass is 760 g/mol. The van der Waals surface area contributed by atoms with E-state index in [-0.39, 0.29) is 17.7 Å². The summed E-state index contributed by atoms with van der Waals surface area (Å²) in [6.45, 7) is 1.49. The van der Waals surface area contributed by atoms with Gasteiger partial charge in [-0.3, -0.25) is 0 Å². The van der Waals surface area contributed by atoms with E-state index in [1.165, 1.54) is 18.2 Å². The van der Waals surface area contributed by atoms with Crippen LogP contribution in [0, 0.1) is 0 Å². The standard InChI is InChI=1S/C42H45ClO11/c43-20-6-10-23-51-33-25-35(41(46)47)34(11-5-1-2-7-21-49-31-16-12-29-14-18-39(44)53-37(29)27-31)36(26-33)42(48)52-24-9-4-3-8-22-50-32-17-13-30-15-19-40(45)54-38(30)28-32/h12-19,25-28H,1-11,20-24H2,(H,46,47). The fourth-order valence-electron chi connectivity index (χ4n) is 5.96. The lowest BCUT2D eigenvalue weighted by Crippen LogP contribution is -2.15. The third kappa shape index (κ3) is 12.1. The Morgan fingerprint density at radius 2 is 1.04 bits per heavy atom. The molecule has 0 aliphatic rings. The molecule has 0 fully saturated rings. The average Bonchev–Trinajstić information content (AvgIpc) is 3.16. The minimum absolute atomic E-state index is 0.0247. The molecule has 5 rings (SSSR count). The molecule has 1 N–H and O–H groups in total. The zero-order valence-electron chi connectivity index (χ0n) is 30.1. The SMILES string of the molecule is O=C(O)c1cc(OCCCCCl)cc(C(=O)OCCCCCCOc2ccc3ccc(=O)oc3c2)c1CCCCCCOc1ccc2ccc(=O)oc2c1. The highest BCUT2D eigenvalue weighted by Gasteiger charge is 2.22. The largest absolute Gasteiger partial charge is 0.494 e. The molecular weight excluding hydrogens is 716 g/mol. The highest BCUT2D eigenvalue weighted by molar-refractivity contribution is 6.17. The summed E-state index contributed by atoms with van der Waals surface area (Å²) in [7, 11) is 0. The number of unbranched alkanes of at least 4 members (excludes halogenated alkanes) is 7. The molecule has 0 radical (unpaired) electrons. The van der Waals surface area contributed by atoms with Crippen LogP contribution in [-0.2, 0) is 11.2 Å². The number of carboxylic acid groups (broad SMARTS) is 1. The summed E-state index contributed by atoms with van der Waals surface area (Å²) in [5.41, 5.74) is 0.769. The van der Waals surface area contributed by atoms with Crippen LogP contribution in [0.4, 0.5) is 0 Å². The molecule has 286 valence electrons. The maximum absolute atomic E-state index is 13.4. The number of rotatable bonds is 23. The normalized spacial score (nSPS) is 11.1. The van der Waals surface area contributed by atoms with Gasteiger partial charge in [0.05, 0.1) is 37.6 Å². The Bertz CT molecular complexity index is 2120. The second-order valence-electron chi connectivity index (χ2n) is 12.9. The van der Waals surface area contributed by atoms with Crippen LogP contribution in [0.2, 0.25) is 0 Å². The number of ether oxygens (including phenoxy) is 4. The van der Waals surface area contributed by atoms with E-state index in [2.05, 4.69) is 0 Å². The molecule has 0 amide bonds. The fourth-order valence-corrected chi connectivity index (χ4v) is 6.15. The van der Waals surface area contributed by atoms with Crippen LogP contribution in [0.25, 0.3) is 21.9 Å². The van der Waals surface area contributed by atoms with Crippen molar-refractivity contribution in [3.05, 3.63) is 110 Å². The molecule has 0 spiro atoms. The third-order valence-corrected chi connectivity index (χ3v) is 9.06. The first-order valence-corrected chi connectivity index (χ1v) is 18.9. The molecule has 5 aromatic rings. The van der Waals surface area contributed by atoms with Gasteiger partial charge in [-0.2, -0.15) is 0 Å². The van der Waals surface area contributed by atoms with Gasteiger partial charge in [-0.05, 0) is 112 Å². The van der Waals surface area contributed by atoms with Crippen molar-refractivity contribution in [1.82, 2.24) is 0 Å². The number of aromatic carboxylic acids is 1. The molecule has 0 bridgehead atoms. The molecule has 0 unspecified atom stereocenters. The second kappa shape index (κ2) is 20.8. The zero-order chi connectivity index (χ0) is 38.1. The van der Waals surface area contributed by atoms with Gasteiger partial charge in [-0.25, -0.2) is 19.2 Å². The van der Waals surface area contributed by atoms with Gasteiger partial charge in [0.1, 0.15) is 28.4 Å². The van der Waals surface area contributed by atoms with Gasteiger partial charge < -0.3 is 32.9 Å². The van der Waals surface area contributed by atoms with Crippen molar-refractivity contribution in [3.8, 4) is 17.2 Å². The van der Waals surface area contributed by atoms with Crippen molar-refractivity contribution in [2.24, 2.45) is 0 Å². The third-order valence-electron chi connectivity index (χ3n) is 8.79. The summed E-state index contributed by atoms with van der Waals surface area (Å²) in [6, 6.07) is 20.0. The Kier molecular flexibility index (Phi) is 15.4. The smallest absolute Gasteiger partial charge is 0.338 e. The van der Waals surface area contributed by atoms with Crippen molar-refractivity contribution < 1.29 is 42.5 Å². The van der Waals surface area contributed by atoms with Gasteiger partial charge in [-0.1, -0.05) is 12.8 Å². The molecule has 12 heteroatoms. The molecule has 2 aromatic heterocycles. The molecule has 2 heterocycles. The highest BCUT2D eigenvalue weighted by atomic mass is 35.5. The fraction of sp³-hybridized carbons (Fsp3) is 0.381. The van der Waals surface area contributed by atoms with Crippen LogP contribution in [0.1, 0.15) is 90.5 Å². The molecule has 3 aromatic carbocycles. The number of halogens is 1. The predicted molar refractivity (Wildman–Crippen MR) is 206 cm³/mol. The van der Waals surface area contributed by atoms with Gasteiger partial charge in [0.15, 0.2) is 0 Å². The number of carboxylic acids is 1. The zero-order valence-corrected chi connectivity index (χ0v) is 30.9. The Morgan fingerprint density at radius 1 is 0.556 bits per heavy atom. The maximum Gasteiger partial charge on any atom is 0.338 e. The number of esters is 1. The predicted octanol–water partition coefficient (Wildman–Crippen LogP) is 8.97. The van der Waals surface area contributed by atoms with E-state index >= 15 is 0 Å². The topological polar surface area (TPSA) is 152 Å². The number of hydrogen-bond acceptors (Lipinski definition) is 10. The Hall–Kier alpha value is -5.29. The van der Waals surface area contributed by atoms with Crippen molar-refractivity contribution in [2.45, 2.75) is 70.6 Å². The highest BCUT2D eigenvalue weighted by Crippen LogP contribution is 2.27. The molecule has 0 saturated carbocycles. The number of benzene rings is 3. The Balaban J connectivity index is 1.08. The summed E-state index contributed by atoms with van der Waals surface area (Å²) in [4.78, 5) is 48.8. The van der Waals surface area contributed by atoms with Gasteiger partial charge in [-0.15, -0.1) is 11.6 Å². The van der Waals surface area contributed by atoms with Crippen molar-refractivity contribution in [1.29, 1.82) is 0 Å². The van der Waals surface area contributed by atoms with Crippen LogP contribution < -0.4 is 25.5 Å². The number of carbonyl (C=O) groups is 2. The van der Waals surface area contributed by atoms with Gasteiger partial charge in [0, 0.05) is 40.9 Å². The van der Waals surface area contributed by atoms with Crippen LogP contribution in [0.15, 0.2) is 91.2 Å². The van der Waals surface area contributed by atoms with E-state index in [1.54, 1.807) is 30.3 Å². The summed E-state index contributed by atoms with van der Waals surface area (Å²) >= 11 is 5.79. The van der Waals surface area contributed by atoms with E-state index < -0.39 is 23.2 Å². The lowest BCUT2D eigenvalue weighted by Gasteiger charge is -2.16. The summed E-state index contributed by atoms with van der Waals surface area (Å²) in [5.74, 6) is 0.312. The lowest BCUT2D eigenvalue weighted by atomic mass is 9.95. The molecule has 0 aliphatic heterocycles. The van der Waals surface area contributed by atoms with E-state index in [0.717, 1.165) is 55.7 Å². The molecule has 11 nitrogen and oxygen atoms in total. The second-order valence-corrected chi connectivity index (χ2v) is 13.2. The first kappa shape index (κ1) is 39.9. The van der Waals surface area contributed by atoms with Crippen LogP contribution in [0.3, 0.4) is 0 Å². The van der Waals surface area contributed by atoms with Gasteiger partial charge in [0.25, 0.3) is 0 Å². The van der Waals surface area contributed by atoms with E-state index in [0.29, 0.717) is 85.4 Å². The van der Waals surface area contributed by atoms with Gasteiger partial charge >= 0.3 is 23.2 Å². The molecular formula is C42H45ClO11. The number of hydrogen-bond donors (Lipinski definition) is 1. The summed E-state index contributed by atoms with van der Waals surface area (Å²) in [6.07, 6.45) is 7.96. The molecule has 54 heavy (non-hydrogen) atoms. The Morgan fingerprint density at radius 3 is 1.59 bits per heavy atom. The average molecular weight is 761 g/mol. The minimum Gasteiger partial charge on any atom is -0.494 e.